The van der Waals surface area contributed by atoms with E-state index < -0.39 is 0 Å². The van der Waals surface area contributed by atoms with Gasteiger partial charge in [0.15, 0.2) is 0 Å². The molecule has 0 unspecified atom stereocenters. The molecule has 106 valence electrons. The fraction of sp³-hybridized carbons (Fsp3) is 0.571. The van der Waals surface area contributed by atoms with E-state index in [0.717, 1.165) is 32.5 Å². The van der Waals surface area contributed by atoms with Crippen molar-refractivity contribution in [2.24, 2.45) is 5.92 Å². The first-order chi connectivity index (χ1) is 9.15. The van der Waals surface area contributed by atoms with Gasteiger partial charge in [-0.15, -0.1) is 0 Å². The molecule has 19 heavy (non-hydrogen) atoms. The quantitative estimate of drug-likeness (QED) is 0.851. The SMILES string of the molecule is COCC1CCN(c2cc(OC)c(N)cc2F)CC1. The molecule has 1 saturated heterocycles. The van der Waals surface area contributed by atoms with Gasteiger partial charge in [0.1, 0.15) is 11.6 Å². The summed E-state index contributed by atoms with van der Waals surface area (Å²) in [5, 5.41) is 0. The summed E-state index contributed by atoms with van der Waals surface area (Å²) in [6, 6.07) is 3.01. The number of nitrogens with zero attached hydrogens (tertiary/aromatic N) is 1. The highest BCUT2D eigenvalue weighted by molar-refractivity contribution is 5.63. The van der Waals surface area contributed by atoms with Gasteiger partial charge < -0.3 is 20.1 Å². The summed E-state index contributed by atoms with van der Waals surface area (Å²) in [4.78, 5) is 2.05. The van der Waals surface area contributed by atoms with Crippen LogP contribution in [0.1, 0.15) is 12.8 Å². The van der Waals surface area contributed by atoms with Crippen LogP contribution in [-0.4, -0.2) is 33.9 Å². The predicted molar refractivity (Wildman–Crippen MR) is 74.2 cm³/mol. The normalized spacial score (nSPS) is 16.7. The van der Waals surface area contributed by atoms with Crippen LogP contribution in [-0.2, 0) is 4.74 Å². The maximum atomic E-state index is 14.0. The maximum Gasteiger partial charge on any atom is 0.148 e. The largest absolute Gasteiger partial charge is 0.495 e. The number of ether oxygens (including phenoxy) is 2. The third-order valence-corrected chi connectivity index (χ3v) is 3.66. The molecule has 5 heteroatoms. The minimum Gasteiger partial charge on any atom is -0.495 e. The number of anilines is 2. The van der Waals surface area contributed by atoms with E-state index >= 15 is 0 Å². The Hall–Kier alpha value is -1.49. The standard InChI is InChI=1S/C14H21FN2O2/c1-18-9-10-3-5-17(6-4-10)13-8-14(19-2)12(16)7-11(13)15/h7-8,10H,3-6,9,16H2,1-2H3. The summed E-state index contributed by atoms with van der Waals surface area (Å²) in [6.07, 6.45) is 2.03. The van der Waals surface area contributed by atoms with Crippen LogP contribution in [0.25, 0.3) is 0 Å². The Kier molecular flexibility index (Phi) is 4.47. The fourth-order valence-corrected chi connectivity index (χ4v) is 2.55. The van der Waals surface area contributed by atoms with Gasteiger partial charge in [0.2, 0.25) is 0 Å². The van der Waals surface area contributed by atoms with Crippen LogP contribution in [0.15, 0.2) is 12.1 Å². The number of hydrogen-bond acceptors (Lipinski definition) is 4. The first-order valence-corrected chi connectivity index (χ1v) is 6.52. The van der Waals surface area contributed by atoms with E-state index in [2.05, 4.69) is 0 Å². The van der Waals surface area contributed by atoms with E-state index in [1.807, 2.05) is 4.90 Å². The van der Waals surface area contributed by atoms with Gasteiger partial charge >= 0.3 is 0 Å². The van der Waals surface area contributed by atoms with Crippen molar-refractivity contribution in [3.05, 3.63) is 17.9 Å². The van der Waals surface area contributed by atoms with E-state index in [0.29, 0.717) is 23.0 Å². The Bertz CT molecular complexity index is 432. The van der Waals surface area contributed by atoms with Gasteiger partial charge in [-0.2, -0.15) is 0 Å². The molecular formula is C14H21FN2O2. The molecule has 1 aromatic rings. The third kappa shape index (κ3) is 3.10. The average Bonchev–Trinajstić information content (AvgIpc) is 2.41. The molecule has 0 amide bonds. The van der Waals surface area contributed by atoms with Crippen molar-refractivity contribution in [3.8, 4) is 5.75 Å². The highest BCUT2D eigenvalue weighted by atomic mass is 19.1. The summed E-state index contributed by atoms with van der Waals surface area (Å²) in [6.45, 7) is 2.44. The van der Waals surface area contributed by atoms with Crippen LogP contribution >= 0.6 is 0 Å². The van der Waals surface area contributed by atoms with Gasteiger partial charge in [-0.3, -0.25) is 0 Å². The zero-order valence-corrected chi connectivity index (χ0v) is 11.5. The van der Waals surface area contributed by atoms with Crippen LogP contribution in [0.2, 0.25) is 0 Å². The minimum absolute atomic E-state index is 0.288. The molecule has 0 aliphatic carbocycles. The van der Waals surface area contributed by atoms with Gasteiger partial charge in [0, 0.05) is 38.9 Å². The van der Waals surface area contributed by atoms with Crippen molar-refractivity contribution in [1.82, 2.24) is 0 Å². The Morgan fingerprint density at radius 1 is 1.32 bits per heavy atom. The summed E-state index contributed by atoms with van der Waals surface area (Å²) < 4.78 is 24.3. The summed E-state index contributed by atoms with van der Waals surface area (Å²) >= 11 is 0. The van der Waals surface area contributed by atoms with Gasteiger partial charge in [-0.1, -0.05) is 0 Å². The average molecular weight is 268 g/mol. The molecule has 0 atom stereocenters. The van der Waals surface area contributed by atoms with Crippen molar-refractivity contribution in [1.29, 1.82) is 0 Å². The zero-order valence-electron chi connectivity index (χ0n) is 11.5. The number of benzene rings is 1. The van der Waals surface area contributed by atoms with Gasteiger partial charge in [0.05, 0.1) is 18.5 Å². The van der Waals surface area contributed by atoms with Crippen molar-refractivity contribution in [2.75, 3.05) is 44.5 Å². The second kappa shape index (κ2) is 6.10. The smallest absolute Gasteiger partial charge is 0.148 e. The van der Waals surface area contributed by atoms with E-state index in [4.69, 9.17) is 15.2 Å². The Balaban J connectivity index is 2.11. The summed E-state index contributed by atoms with van der Waals surface area (Å²) in [5.41, 5.74) is 6.59. The number of hydrogen-bond donors (Lipinski definition) is 1. The molecule has 1 fully saturated rings. The molecule has 1 heterocycles. The molecular weight excluding hydrogens is 247 g/mol. The lowest BCUT2D eigenvalue weighted by Gasteiger charge is -2.33. The first-order valence-electron chi connectivity index (χ1n) is 6.52. The number of nitrogens with two attached hydrogens (primary N) is 1. The fourth-order valence-electron chi connectivity index (χ4n) is 2.55. The number of halogens is 1. The Labute approximate surface area is 113 Å². The topological polar surface area (TPSA) is 47.7 Å². The number of nitrogen functional groups attached to an aromatic ring is 1. The predicted octanol–water partition coefficient (Wildman–Crippen LogP) is 2.28. The van der Waals surface area contributed by atoms with E-state index in [9.17, 15) is 4.39 Å². The summed E-state index contributed by atoms with van der Waals surface area (Å²) in [5.74, 6) is 0.805. The maximum absolute atomic E-state index is 14.0. The van der Waals surface area contributed by atoms with E-state index in [1.165, 1.54) is 13.2 Å². The molecule has 0 bridgehead atoms. The Morgan fingerprint density at radius 3 is 2.58 bits per heavy atom. The molecule has 2 rings (SSSR count). The van der Waals surface area contributed by atoms with Crippen molar-refractivity contribution >= 4 is 11.4 Å². The monoisotopic (exact) mass is 268 g/mol. The van der Waals surface area contributed by atoms with Crippen LogP contribution in [0, 0.1) is 11.7 Å². The molecule has 2 N–H and O–H groups in total. The van der Waals surface area contributed by atoms with Crippen molar-refractivity contribution in [3.63, 3.8) is 0 Å². The molecule has 0 saturated carbocycles. The third-order valence-electron chi connectivity index (χ3n) is 3.66. The lowest BCUT2D eigenvalue weighted by molar-refractivity contribution is 0.139. The molecule has 1 aliphatic rings. The second-order valence-electron chi connectivity index (χ2n) is 4.93. The lowest BCUT2D eigenvalue weighted by atomic mass is 9.97. The van der Waals surface area contributed by atoms with Crippen LogP contribution < -0.4 is 15.4 Å². The number of piperidine rings is 1. The molecule has 0 radical (unpaired) electrons. The Morgan fingerprint density at radius 2 is 2.00 bits per heavy atom. The van der Waals surface area contributed by atoms with Gasteiger partial charge in [0.25, 0.3) is 0 Å². The highest BCUT2D eigenvalue weighted by Crippen LogP contribution is 2.32. The van der Waals surface area contributed by atoms with Gasteiger partial charge in [-0.25, -0.2) is 4.39 Å². The zero-order chi connectivity index (χ0) is 13.8. The minimum atomic E-state index is -0.288. The van der Waals surface area contributed by atoms with Crippen LogP contribution in [0.4, 0.5) is 15.8 Å². The second-order valence-corrected chi connectivity index (χ2v) is 4.93. The molecule has 0 spiro atoms. The molecule has 0 aromatic heterocycles. The molecule has 4 nitrogen and oxygen atoms in total. The van der Waals surface area contributed by atoms with Crippen LogP contribution in [0.5, 0.6) is 5.75 Å². The molecule has 1 aliphatic heterocycles. The lowest BCUT2D eigenvalue weighted by Crippen LogP contribution is -2.35. The summed E-state index contributed by atoms with van der Waals surface area (Å²) in [7, 11) is 3.26. The first kappa shape index (κ1) is 13.9. The van der Waals surface area contributed by atoms with E-state index in [-0.39, 0.29) is 5.82 Å². The number of methoxy groups -OCH3 is 2. The molecule has 1 aromatic carbocycles. The van der Waals surface area contributed by atoms with Crippen molar-refractivity contribution in [2.45, 2.75) is 12.8 Å². The van der Waals surface area contributed by atoms with Gasteiger partial charge in [-0.05, 0) is 18.8 Å². The number of rotatable bonds is 4. The van der Waals surface area contributed by atoms with Crippen molar-refractivity contribution < 1.29 is 13.9 Å². The van der Waals surface area contributed by atoms with E-state index in [1.54, 1.807) is 13.2 Å². The van der Waals surface area contributed by atoms with Crippen LogP contribution in [0.3, 0.4) is 0 Å². The highest BCUT2D eigenvalue weighted by Gasteiger charge is 2.22.